The molecule has 0 bridgehead atoms. The third-order valence-corrected chi connectivity index (χ3v) is 4.82. The number of carbonyl (C=O) groups excluding carboxylic acids is 1. The fourth-order valence-electron chi connectivity index (χ4n) is 2.99. The molecule has 2 unspecified atom stereocenters. The number of nitrogens with zero attached hydrogens (tertiary/aromatic N) is 1. The maximum Gasteiger partial charge on any atom is 0.314 e. The van der Waals surface area contributed by atoms with Crippen LogP contribution in [0.1, 0.15) is 11.7 Å². The third kappa shape index (κ3) is 4.62. The van der Waals surface area contributed by atoms with Gasteiger partial charge in [-0.05, 0) is 23.8 Å². The van der Waals surface area contributed by atoms with E-state index in [1.165, 1.54) is 4.90 Å². The van der Waals surface area contributed by atoms with Crippen LogP contribution in [0.25, 0.3) is 0 Å². The molecule has 0 aromatic heterocycles. The fraction of sp³-hybridized carbons (Fsp3) is 0.278. The van der Waals surface area contributed by atoms with Crippen LogP contribution in [0.4, 0.5) is 16.2 Å². The number of likely N-dealkylation sites (N-methyl/N-ethyl adjacent to an activating group) is 1. The van der Waals surface area contributed by atoms with Crippen LogP contribution in [0.2, 0.25) is 0 Å². The normalized spacial score (nSPS) is 18.6. The van der Waals surface area contributed by atoms with E-state index in [9.17, 15) is 13.2 Å². The Morgan fingerprint density at radius 1 is 1.26 bits per heavy atom. The predicted molar refractivity (Wildman–Crippen MR) is 104 cm³/mol. The van der Waals surface area contributed by atoms with E-state index in [0.29, 0.717) is 23.7 Å². The van der Waals surface area contributed by atoms with Gasteiger partial charge in [-0.15, -0.1) is 0 Å². The first-order valence-corrected chi connectivity index (χ1v) is 10.2. The summed E-state index contributed by atoms with van der Waals surface area (Å²) in [5, 5.41) is 3.35. The van der Waals surface area contributed by atoms with Gasteiger partial charge < -0.3 is 20.7 Å². The molecule has 0 radical (unpaired) electrons. The van der Waals surface area contributed by atoms with Crippen LogP contribution in [-0.2, 0) is 10.0 Å². The van der Waals surface area contributed by atoms with Gasteiger partial charge in [0.15, 0.2) is 0 Å². The standard InChI is InChI=1S/C18H22N4O4S/c1-22(18(19)23)11-15-17(12-6-4-3-5-7-12)26-16-9-8-13(10-14(16)20-15)21-27(2,24)25/h3-10,15,17,20-21H,11H2,1-2H3,(H2,19,23). The van der Waals surface area contributed by atoms with Gasteiger partial charge in [0, 0.05) is 13.6 Å². The molecule has 8 nitrogen and oxygen atoms in total. The van der Waals surface area contributed by atoms with Gasteiger partial charge in [-0.3, -0.25) is 4.72 Å². The van der Waals surface area contributed by atoms with E-state index in [4.69, 9.17) is 10.5 Å². The number of nitrogens with one attached hydrogen (secondary N) is 2. The summed E-state index contributed by atoms with van der Waals surface area (Å²) in [6.07, 6.45) is 0.751. The Kier molecular flexibility index (Phi) is 5.13. The number of urea groups is 1. The van der Waals surface area contributed by atoms with Crippen LogP contribution in [0.15, 0.2) is 48.5 Å². The number of hydrogen-bond acceptors (Lipinski definition) is 5. The molecule has 2 atom stereocenters. The largest absolute Gasteiger partial charge is 0.481 e. The molecule has 1 aliphatic rings. The molecule has 4 N–H and O–H groups in total. The highest BCUT2D eigenvalue weighted by atomic mass is 32.2. The van der Waals surface area contributed by atoms with E-state index in [1.54, 1.807) is 25.2 Å². The molecule has 2 amide bonds. The smallest absolute Gasteiger partial charge is 0.314 e. The number of ether oxygens (including phenoxy) is 1. The molecule has 2 aromatic rings. The summed E-state index contributed by atoms with van der Waals surface area (Å²) in [5.41, 5.74) is 7.38. The SMILES string of the molecule is CN(CC1Nc2cc(NS(C)(=O)=O)ccc2OC1c1ccccc1)C(N)=O. The maximum absolute atomic E-state index is 11.5. The second-order valence-corrected chi connectivity index (χ2v) is 8.25. The summed E-state index contributed by atoms with van der Waals surface area (Å²) in [5.74, 6) is 0.598. The van der Waals surface area contributed by atoms with Crippen molar-refractivity contribution in [3.63, 3.8) is 0 Å². The number of primary amides is 1. The first kappa shape index (κ1) is 18.8. The monoisotopic (exact) mass is 390 g/mol. The third-order valence-electron chi connectivity index (χ3n) is 4.22. The Morgan fingerprint density at radius 3 is 2.59 bits per heavy atom. The van der Waals surface area contributed by atoms with Gasteiger partial charge in [-0.2, -0.15) is 0 Å². The summed E-state index contributed by atoms with van der Waals surface area (Å²) >= 11 is 0. The zero-order chi connectivity index (χ0) is 19.6. The Morgan fingerprint density at radius 2 is 1.96 bits per heavy atom. The van der Waals surface area contributed by atoms with Crippen molar-refractivity contribution in [1.29, 1.82) is 0 Å². The second-order valence-electron chi connectivity index (χ2n) is 6.50. The number of benzene rings is 2. The molecular formula is C18H22N4O4S. The van der Waals surface area contributed by atoms with Crippen molar-refractivity contribution in [3.8, 4) is 5.75 Å². The number of rotatable bonds is 5. The highest BCUT2D eigenvalue weighted by molar-refractivity contribution is 7.92. The fourth-order valence-corrected chi connectivity index (χ4v) is 3.54. The minimum Gasteiger partial charge on any atom is -0.481 e. The molecule has 9 heteroatoms. The highest BCUT2D eigenvalue weighted by Crippen LogP contribution is 2.39. The van der Waals surface area contributed by atoms with Crippen molar-refractivity contribution in [2.45, 2.75) is 12.1 Å². The zero-order valence-electron chi connectivity index (χ0n) is 15.0. The molecule has 0 saturated carbocycles. The summed E-state index contributed by atoms with van der Waals surface area (Å²) < 4.78 is 31.6. The maximum atomic E-state index is 11.5. The van der Waals surface area contributed by atoms with Gasteiger partial charge in [0.25, 0.3) is 0 Å². The lowest BCUT2D eigenvalue weighted by Gasteiger charge is -2.37. The average molecular weight is 390 g/mol. The molecule has 0 saturated heterocycles. The lowest BCUT2D eigenvalue weighted by Crippen LogP contribution is -2.46. The van der Waals surface area contributed by atoms with Crippen molar-refractivity contribution in [1.82, 2.24) is 4.90 Å². The molecule has 1 heterocycles. The summed E-state index contributed by atoms with van der Waals surface area (Å²) in [4.78, 5) is 12.9. The lowest BCUT2D eigenvalue weighted by molar-refractivity contribution is 0.151. The number of nitrogens with two attached hydrogens (primary N) is 1. The molecule has 3 rings (SSSR count). The molecule has 1 aliphatic heterocycles. The molecule has 27 heavy (non-hydrogen) atoms. The van der Waals surface area contributed by atoms with Crippen LogP contribution in [0.3, 0.4) is 0 Å². The van der Waals surface area contributed by atoms with E-state index in [2.05, 4.69) is 10.0 Å². The van der Waals surface area contributed by atoms with Gasteiger partial charge in [0.2, 0.25) is 10.0 Å². The second kappa shape index (κ2) is 7.36. The number of anilines is 2. The van der Waals surface area contributed by atoms with Gasteiger partial charge >= 0.3 is 6.03 Å². The minimum absolute atomic E-state index is 0.272. The van der Waals surface area contributed by atoms with Crippen LogP contribution >= 0.6 is 0 Å². The Labute approximate surface area is 158 Å². The topological polar surface area (TPSA) is 114 Å². The van der Waals surface area contributed by atoms with Crippen LogP contribution in [-0.4, -0.2) is 45.2 Å². The summed E-state index contributed by atoms with van der Waals surface area (Å²) in [6.45, 7) is 0.318. The van der Waals surface area contributed by atoms with Gasteiger partial charge in [0.1, 0.15) is 11.9 Å². The van der Waals surface area contributed by atoms with E-state index in [-0.39, 0.29) is 12.1 Å². The molecule has 0 fully saturated rings. The van der Waals surface area contributed by atoms with Crippen molar-refractivity contribution in [3.05, 3.63) is 54.1 Å². The van der Waals surface area contributed by atoms with Crippen molar-refractivity contribution in [2.24, 2.45) is 5.73 Å². The zero-order valence-corrected chi connectivity index (χ0v) is 15.9. The van der Waals surface area contributed by atoms with Crippen LogP contribution in [0.5, 0.6) is 5.75 Å². The van der Waals surface area contributed by atoms with Crippen molar-refractivity contribution >= 4 is 27.4 Å². The molecule has 144 valence electrons. The van der Waals surface area contributed by atoms with E-state index in [0.717, 1.165) is 11.8 Å². The van der Waals surface area contributed by atoms with Crippen molar-refractivity contribution in [2.75, 3.05) is 29.9 Å². The molecule has 2 aromatic carbocycles. The van der Waals surface area contributed by atoms with Gasteiger partial charge in [0.05, 0.1) is 23.7 Å². The van der Waals surface area contributed by atoms with Gasteiger partial charge in [-0.25, -0.2) is 13.2 Å². The van der Waals surface area contributed by atoms with E-state index in [1.807, 2.05) is 30.3 Å². The first-order chi connectivity index (χ1) is 12.7. The predicted octanol–water partition coefficient (Wildman–Crippen LogP) is 1.98. The summed E-state index contributed by atoms with van der Waals surface area (Å²) in [7, 11) is -1.77. The van der Waals surface area contributed by atoms with E-state index >= 15 is 0 Å². The molecule has 0 spiro atoms. The van der Waals surface area contributed by atoms with Crippen LogP contribution in [0, 0.1) is 0 Å². The lowest BCUT2D eigenvalue weighted by atomic mass is 9.99. The van der Waals surface area contributed by atoms with Gasteiger partial charge in [-0.1, -0.05) is 30.3 Å². The molecular weight excluding hydrogens is 368 g/mol. The van der Waals surface area contributed by atoms with Crippen molar-refractivity contribution < 1.29 is 17.9 Å². The number of sulfonamides is 1. The average Bonchev–Trinajstić information content (AvgIpc) is 2.60. The number of carbonyl (C=O) groups is 1. The quantitative estimate of drug-likeness (QED) is 0.722. The Balaban J connectivity index is 1.93. The summed E-state index contributed by atoms with van der Waals surface area (Å²) in [6, 6.07) is 13.9. The number of fused-ring (bicyclic) bond motifs is 1. The number of amides is 2. The Bertz CT molecular complexity index is 934. The van der Waals surface area contributed by atoms with E-state index < -0.39 is 16.1 Å². The van der Waals surface area contributed by atoms with Crippen LogP contribution < -0.4 is 20.5 Å². The Hall–Kier alpha value is -2.94. The first-order valence-electron chi connectivity index (χ1n) is 8.33. The number of hydrogen-bond donors (Lipinski definition) is 3. The minimum atomic E-state index is -3.39. The highest BCUT2D eigenvalue weighted by Gasteiger charge is 2.32. The molecule has 0 aliphatic carbocycles.